The van der Waals surface area contributed by atoms with Crippen molar-refractivity contribution in [3.8, 4) is 5.75 Å². The summed E-state index contributed by atoms with van der Waals surface area (Å²) in [6, 6.07) is 7.27. The fourth-order valence-electron chi connectivity index (χ4n) is 1.68. The molecule has 1 aromatic carbocycles. The second-order valence-corrected chi connectivity index (χ2v) is 4.17. The number of methoxy groups -OCH3 is 1. The monoisotopic (exact) mass is 242 g/mol. The molecule has 0 N–H and O–H groups in total. The van der Waals surface area contributed by atoms with E-state index in [9.17, 15) is 0 Å². The summed E-state index contributed by atoms with van der Waals surface area (Å²) >= 11 is 5.79. The topological polar surface area (TPSA) is 27.7 Å². The highest BCUT2D eigenvalue weighted by atomic mass is 35.5. The van der Waals surface area contributed by atoms with Gasteiger partial charge in [-0.25, -0.2) is 0 Å². The SMILES string of the molecule is CO[C@H]1CCC[C@H](Oc2ccc(Cl)cc2)O1. The molecule has 0 unspecified atom stereocenters. The van der Waals surface area contributed by atoms with Crippen molar-refractivity contribution in [2.24, 2.45) is 0 Å². The lowest BCUT2D eigenvalue weighted by atomic mass is 10.2. The third-order valence-electron chi connectivity index (χ3n) is 2.53. The highest BCUT2D eigenvalue weighted by molar-refractivity contribution is 6.30. The van der Waals surface area contributed by atoms with E-state index in [1.165, 1.54) is 0 Å². The minimum absolute atomic E-state index is 0.147. The average molecular weight is 243 g/mol. The highest BCUT2D eigenvalue weighted by Gasteiger charge is 2.23. The Labute approximate surface area is 100 Å². The van der Waals surface area contributed by atoms with Crippen molar-refractivity contribution in [2.45, 2.75) is 31.8 Å². The molecule has 88 valence electrons. The number of hydrogen-bond donors (Lipinski definition) is 0. The molecule has 0 amide bonds. The lowest BCUT2D eigenvalue weighted by Crippen LogP contribution is -2.32. The van der Waals surface area contributed by atoms with Gasteiger partial charge in [-0.05, 0) is 37.1 Å². The van der Waals surface area contributed by atoms with Crippen LogP contribution in [0.3, 0.4) is 0 Å². The van der Waals surface area contributed by atoms with Gasteiger partial charge in [0.1, 0.15) is 5.75 Å². The lowest BCUT2D eigenvalue weighted by Gasteiger charge is -2.29. The van der Waals surface area contributed by atoms with Gasteiger partial charge in [-0.15, -0.1) is 0 Å². The van der Waals surface area contributed by atoms with Gasteiger partial charge in [0.05, 0.1) is 0 Å². The van der Waals surface area contributed by atoms with Gasteiger partial charge >= 0.3 is 0 Å². The molecule has 1 saturated heterocycles. The van der Waals surface area contributed by atoms with Crippen LogP contribution in [0, 0.1) is 0 Å². The van der Waals surface area contributed by atoms with Gasteiger partial charge in [0.25, 0.3) is 0 Å². The molecule has 1 aromatic rings. The van der Waals surface area contributed by atoms with Gasteiger partial charge in [-0.1, -0.05) is 11.6 Å². The lowest BCUT2D eigenvalue weighted by molar-refractivity contribution is -0.232. The van der Waals surface area contributed by atoms with Crippen molar-refractivity contribution in [2.75, 3.05) is 7.11 Å². The zero-order valence-corrected chi connectivity index (χ0v) is 9.94. The van der Waals surface area contributed by atoms with E-state index in [0.29, 0.717) is 5.02 Å². The quantitative estimate of drug-likeness (QED) is 0.815. The van der Waals surface area contributed by atoms with Crippen molar-refractivity contribution in [1.29, 1.82) is 0 Å². The van der Waals surface area contributed by atoms with Gasteiger partial charge in [0.2, 0.25) is 6.29 Å². The number of ether oxygens (including phenoxy) is 3. The van der Waals surface area contributed by atoms with Crippen LogP contribution in [-0.4, -0.2) is 19.7 Å². The highest BCUT2D eigenvalue weighted by Crippen LogP contribution is 2.23. The van der Waals surface area contributed by atoms with Gasteiger partial charge in [-0.3, -0.25) is 0 Å². The summed E-state index contributed by atoms with van der Waals surface area (Å²) in [5, 5.41) is 0.701. The van der Waals surface area contributed by atoms with E-state index >= 15 is 0 Å². The van der Waals surface area contributed by atoms with Gasteiger partial charge in [-0.2, -0.15) is 0 Å². The van der Waals surface area contributed by atoms with Crippen LogP contribution >= 0.6 is 11.6 Å². The van der Waals surface area contributed by atoms with E-state index < -0.39 is 0 Å². The Kier molecular flexibility index (Phi) is 4.04. The van der Waals surface area contributed by atoms with E-state index in [1.54, 1.807) is 19.2 Å². The summed E-state index contributed by atoms with van der Waals surface area (Å²) in [6.45, 7) is 0. The molecule has 0 aromatic heterocycles. The van der Waals surface area contributed by atoms with Crippen LogP contribution in [0.25, 0.3) is 0 Å². The second kappa shape index (κ2) is 5.53. The summed E-state index contributed by atoms with van der Waals surface area (Å²) < 4.78 is 16.4. The Bertz CT molecular complexity index is 326. The molecular weight excluding hydrogens is 228 g/mol. The minimum Gasteiger partial charge on any atom is -0.465 e. The number of benzene rings is 1. The van der Waals surface area contributed by atoms with Crippen LogP contribution in [-0.2, 0) is 9.47 Å². The Hall–Kier alpha value is -0.770. The largest absolute Gasteiger partial charge is 0.465 e. The average Bonchev–Trinajstić information content (AvgIpc) is 2.32. The Morgan fingerprint density at radius 1 is 1.19 bits per heavy atom. The zero-order valence-electron chi connectivity index (χ0n) is 9.19. The summed E-state index contributed by atoms with van der Waals surface area (Å²) in [4.78, 5) is 0. The number of rotatable bonds is 3. The van der Waals surface area contributed by atoms with Gasteiger partial charge in [0.15, 0.2) is 6.29 Å². The molecule has 1 aliphatic heterocycles. The molecule has 3 nitrogen and oxygen atoms in total. The number of halogens is 1. The third-order valence-corrected chi connectivity index (χ3v) is 2.78. The summed E-state index contributed by atoms with van der Waals surface area (Å²) in [6.07, 6.45) is 2.50. The standard InChI is InChI=1S/C12H15ClO3/c1-14-11-3-2-4-12(16-11)15-10-7-5-9(13)6-8-10/h5-8,11-12H,2-4H2,1H3/t11-,12-/m1/s1. The number of hydrogen-bond acceptors (Lipinski definition) is 3. The van der Waals surface area contributed by atoms with Crippen LogP contribution < -0.4 is 4.74 Å². The fraction of sp³-hybridized carbons (Fsp3) is 0.500. The van der Waals surface area contributed by atoms with Crippen LogP contribution in [0.2, 0.25) is 5.02 Å². The summed E-state index contributed by atoms with van der Waals surface area (Å²) in [5.74, 6) is 0.770. The first-order chi connectivity index (χ1) is 7.78. The first-order valence-corrected chi connectivity index (χ1v) is 5.76. The van der Waals surface area contributed by atoms with E-state index in [1.807, 2.05) is 12.1 Å². The second-order valence-electron chi connectivity index (χ2n) is 3.73. The zero-order chi connectivity index (χ0) is 11.4. The van der Waals surface area contributed by atoms with Crippen LogP contribution in [0.5, 0.6) is 5.75 Å². The Balaban J connectivity index is 1.91. The molecule has 16 heavy (non-hydrogen) atoms. The van der Waals surface area contributed by atoms with Gasteiger partial charge in [0, 0.05) is 18.6 Å². The van der Waals surface area contributed by atoms with Crippen molar-refractivity contribution >= 4 is 11.6 Å². The van der Waals surface area contributed by atoms with Crippen LogP contribution in [0.1, 0.15) is 19.3 Å². The molecule has 0 saturated carbocycles. The third kappa shape index (κ3) is 3.11. The predicted molar refractivity (Wildman–Crippen MR) is 61.6 cm³/mol. The van der Waals surface area contributed by atoms with Gasteiger partial charge < -0.3 is 14.2 Å². The van der Waals surface area contributed by atoms with E-state index in [2.05, 4.69) is 0 Å². The summed E-state index contributed by atoms with van der Waals surface area (Å²) in [5.41, 5.74) is 0. The first-order valence-electron chi connectivity index (χ1n) is 5.38. The van der Waals surface area contributed by atoms with Crippen LogP contribution in [0.15, 0.2) is 24.3 Å². The van der Waals surface area contributed by atoms with E-state index in [-0.39, 0.29) is 12.6 Å². The Morgan fingerprint density at radius 2 is 1.88 bits per heavy atom. The van der Waals surface area contributed by atoms with Crippen molar-refractivity contribution in [3.05, 3.63) is 29.3 Å². The molecule has 4 heteroatoms. The molecule has 2 atom stereocenters. The molecular formula is C12H15ClO3. The first kappa shape index (κ1) is 11.7. The maximum Gasteiger partial charge on any atom is 0.202 e. The summed E-state index contributed by atoms with van der Waals surface area (Å²) in [7, 11) is 1.65. The molecule has 0 spiro atoms. The molecule has 0 bridgehead atoms. The molecule has 1 aliphatic rings. The normalized spacial score (nSPS) is 25.4. The molecule has 2 rings (SSSR count). The van der Waals surface area contributed by atoms with E-state index in [0.717, 1.165) is 25.0 Å². The van der Waals surface area contributed by atoms with Crippen molar-refractivity contribution in [3.63, 3.8) is 0 Å². The maximum absolute atomic E-state index is 5.79. The maximum atomic E-state index is 5.79. The van der Waals surface area contributed by atoms with Crippen molar-refractivity contribution < 1.29 is 14.2 Å². The van der Waals surface area contributed by atoms with Crippen LogP contribution in [0.4, 0.5) is 0 Å². The van der Waals surface area contributed by atoms with Crippen molar-refractivity contribution in [1.82, 2.24) is 0 Å². The molecule has 1 heterocycles. The van der Waals surface area contributed by atoms with E-state index in [4.69, 9.17) is 25.8 Å². The molecule has 0 radical (unpaired) electrons. The smallest absolute Gasteiger partial charge is 0.202 e. The minimum atomic E-state index is -0.222. The fourth-order valence-corrected chi connectivity index (χ4v) is 1.81. The Morgan fingerprint density at radius 3 is 2.56 bits per heavy atom. The predicted octanol–water partition coefficient (Wildman–Crippen LogP) is 3.22. The molecule has 0 aliphatic carbocycles. The molecule has 1 fully saturated rings.